The van der Waals surface area contributed by atoms with Crippen LogP contribution in [0, 0.1) is 0 Å². The van der Waals surface area contributed by atoms with Crippen molar-refractivity contribution in [3.8, 4) is 0 Å². The lowest BCUT2D eigenvalue weighted by Gasteiger charge is -2.20. The summed E-state index contributed by atoms with van der Waals surface area (Å²) in [5.74, 6) is 0.871. The minimum Gasteiger partial charge on any atom is -0.373 e. The van der Waals surface area contributed by atoms with Gasteiger partial charge < -0.3 is 19.9 Å². The zero-order valence-corrected chi connectivity index (χ0v) is 14.2. The molecule has 0 unspecified atom stereocenters. The van der Waals surface area contributed by atoms with Crippen molar-refractivity contribution in [2.45, 2.75) is 57.0 Å². The Bertz CT molecular complexity index is 715. The summed E-state index contributed by atoms with van der Waals surface area (Å²) in [6, 6.07) is 10.4. The highest BCUT2D eigenvalue weighted by atomic mass is 16.5. The van der Waals surface area contributed by atoms with Gasteiger partial charge in [-0.05, 0) is 31.2 Å². The molecule has 2 amide bonds. The average Bonchev–Trinajstić information content (AvgIpc) is 3.36. The van der Waals surface area contributed by atoms with Gasteiger partial charge in [0.2, 0.25) is 0 Å². The molecule has 25 heavy (non-hydrogen) atoms. The molecule has 2 fully saturated rings. The van der Waals surface area contributed by atoms with Gasteiger partial charge in [-0.3, -0.25) is 0 Å². The predicted octanol–water partition coefficient (Wildman–Crippen LogP) is 2.24. The highest BCUT2D eigenvalue weighted by Crippen LogP contribution is 2.34. The van der Waals surface area contributed by atoms with Crippen LogP contribution in [0.15, 0.2) is 42.7 Å². The molecule has 132 valence electrons. The Morgan fingerprint density at radius 2 is 2.16 bits per heavy atom. The molecule has 0 radical (unpaired) electrons. The van der Waals surface area contributed by atoms with E-state index in [1.807, 2.05) is 12.3 Å². The van der Waals surface area contributed by atoms with Crippen LogP contribution in [0.5, 0.6) is 0 Å². The van der Waals surface area contributed by atoms with Crippen molar-refractivity contribution in [2.75, 3.05) is 0 Å². The third-order valence-corrected chi connectivity index (χ3v) is 5.12. The first-order valence-electron chi connectivity index (χ1n) is 9.02. The van der Waals surface area contributed by atoms with Gasteiger partial charge in [-0.25, -0.2) is 9.78 Å². The van der Waals surface area contributed by atoms with Crippen LogP contribution in [-0.2, 0) is 24.2 Å². The Morgan fingerprint density at radius 3 is 2.92 bits per heavy atom. The molecular formula is C19H24N4O2. The molecular weight excluding hydrogens is 316 g/mol. The van der Waals surface area contributed by atoms with Gasteiger partial charge >= 0.3 is 6.03 Å². The normalized spacial score (nSPS) is 24.4. The first-order valence-corrected chi connectivity index (χ1v) is 9.02. The fraction of sp³-hybridized carbons (Fsp3) is 0.474. The van der Waals surface area contributed by atoms with Crippen molar-refractivity contribution < 1.29 is 9.53 Å². The third kappa shape index (κ3) is 3.85. The van der Waals surface area contributed by atoms with Crippen LogP contribution < -0.4 is 10.6 Å². The average molecular weight is 340 g/mol. The molecule has 1 aromatic heterocycles. The smallest absolute Gasteiger partial charge is 0.315 e. The first kappa shape index (κ1) is 16.1. The molecule has 2 N–H and O–H groups in total. The fourth-order valence-electron chi connectivity index (χ4n) is 3.77. The molecule has 2 aliphatic heterocycles. The number of amides is 2. The van der Waals surface area contributed by atoms with E-state index in [0.29, 0.717) is 12.6 Å². The number of benzene rings is 1. The first-order chi connectivity index (χ1) is 12.3. The van der Waals surface area contributed by atoms with E-state index in [-0.39, 0.29) is 18.2 Å². The van der Waals surface area contributed by atoms with E-state index >= 15 is 0 Å². The van der Waals surface area contributed by atoms with E-state index in [9.17, 15) is 4.79 Å². The summed E-state index contributed by atoms with van der Waals surface area (Å²) < 4.78 is 7.86. The Hall–Kier alpha value is -2.34. The van der Waals surface area contributed by atoms with Crippen molar-refractivity contribution >= 4 is 6.03 Å². The third-order valence-electron chi connectivity index (χ3n) is 5.12. The molecule has 1 aromatic carbocycles. The number of fused-ring (bicyclic) bond motifs is 2. The number of carbonyl (C=O) groups excluding carboxylic acids is 1. The molecule has 3 atom stereocenters. The van der Waals surface area contributed by atoms with E-state index < -0.39 is 0 Å². The molecule has 0 spiro atoms. The molecule has 0 saturated carbocycles. The summed E-state index contributed by atoms with van der Waals surface area (Å²) in [7, 11) is 0. The van der Waals surface area contributed by atoms with Gasteiger partial charge in [0.25, 0.3) is 0 Å². The Kier molecular flexibility index (Phi) is 4.70. The Balaban J connectivity index is 1.25. The number of carbonyl (C=O) groups is 1. The molecule has 2 aromatic rings. The van der Waals surface area contributed by atoms with Crippen LogP contribution in [0.2, 0.25) is 0 Å². The summed E-state index contributed by atoms with van der Waals surface area (Å²) in [6.45, 7) is 1.28. The second-order valence-corrected chi connectivity index (χ2v) is 6.82. The molecule has 2 bridgehead atoms. The second-order valence-electron chi connectivity index (χ2n) is 6.82. The van der Waals surface area contributed by atoms with E-state index in [4.69, 9.17) is 4.74 Å². The lowest BCUT2D eigenvalue weighted by atomic mass is 9.96. The number of imidazole rings is 1. The number of nitrogens with one attached hydrogen (secondary N) is 2. The van der Waals surface area contributed by atoms with Crippen LogP contribution in [0.25, 0.3) is 0 Å². The maximum Gasteiger partial charge on any atom is 0.315 e. The number of hydrogen-bond donors (Lipinski definition) is 2. The van der Waals surface area contributed by atoms with Crippen LogP contribution in [-0.4, -0.2) is 33.8 Å². The molecule has 4 rings (SSSR count). The number of hydrogen-bond acceptors (Lipinski definition) is 3. The molecule has 6 nitrogen and oxygen atoms in total. The van der Waals surface area contributed by atoms with Crippen molar-refractivity contribution in [1.82, 2.24) is 20.2 Å². The quantitative estimate of drug-likeness (QED) is 0.847. The van der Waals surface area contributed by atoms with Gasteiger partial charge in [-0.2, -0.15) is 0 Å². The molecule has 0 aliphatic carbocycles. The lowest BCUT2D eigenvalue weighted by molar-refractivity contribution is 0.0981. The van der Waals surface area contributed by atoms with Crippen LogP contribution in [0.4, 0.5) is 4.79 Å². The predicted molar refractivity (Wildman–Crippen MR) is 94.0 cm³/mol. The minimum atomic E-state index is -0.140. The van der Waals surface area contributed by atoms with Gasteiger partial charge in [0, 0.05) is 18.9 Å². The van der Waals surface area contributed by atoms with Crippen molar-refractivity contribution in [2.24, 2.45) is 0 Å². The number of rotatable bonds is 6. The minimum absolute atomic E-state index is 0.140. The number of nitrogens with zero attached hydrogens (tertiary/aromatic N) is 2. The van der Waals surface area contributed by atoms with Gasteiger partial charge in [0.15, 0.2) is 0 Å². The summed E-state index contributed by atoms with van der Waals surface area (Å²) in [5.41, 5.74) is 1.30. The van der Waals surface area contributed by atoms with Gasteiger partial charge in [-0.1, -0.05) is 30.3 Å². The summed E-state index contributed by atoms with van der Waals surface area (Å²) in [5, 5.41) is 5.96. The van der Waals surface area contributed by atoms with Crippen molar-refractivity contribution in [1.29, 1.82) is 0 Å². The topological polar surface area (TPSA) is 68.2 Å². The zero-order valence-electron chi connectivity index (χ0n) is 14.2. The molecule has 3 heterocycles. The highest BCUT2D eigenvalue weighted by Gasteiger charge is 2.41. The molecule has 2 aliphatic rings. The summed E-state index contributed by atoms with van der Waals surface area (Å²) in [4.78, 5) is 16.5. The largest absolute Gasteiger partial charge is 0.373 e. The number of aromatic nitrogens is 2. The van der Waals surface area contributed by atoms with E-state index in [1.165, 1.54) is 5.56 Å². The highest BCUT2D eigenvalue weighted by molar-refractivity contribution is 5.74. The monoisotopic (exact) mass is 340 g/mol. The summed E-state index contributed by atoms with van der Waals surface area (Å²) in [6.07, 6.45) is 8.34. The Morgan fingerprint density at radius 1 is 1.28 bits per heavy atom. The zero-order chi connectivity index (χ0) is 17.1. The maximum atomic E-state index is 12.1. The second kappa shape index (κ2) is 7.27. The van der Waals surface area contributed by atoms with E-state index in [1.54, 1.807) is 6.20 Å². The summed E-state index contributed by atoms with van der Waals surface area (Å²) >= 11 is 0. The fourth-order valence-corrected chi connectivity index (χ4v) is 3.77. The van der Waals surface area contributed by atoms with Gasteiger partial charge in [0.1, 0.15) is 5.82 Å². The van der Waals surface area contributed by atoms with Crippen molar-refractivity contribution in [3.63, 3.8) is 0 Å². The number of urea groups is 1. The number of ether oxygens (including phenoxy) is 1. The van der Waals surface area contributed by atoms with Crippen LogP contribution in [0.1, 0.15) is 30.7 Å². The van der Waals surface area contributed by atoms with Crippen LogP contribution >= 0.6 is 0 Å². The lowest BCUT2D eigenvalue weighted by Crippen LogP contribution is -2.46. The van der Waals surface area contributed by atoms with Gasteiger partial charge in [-0.15, -0.1) is 0 Å². The Labute approximate surface area is 147 Å². The molecule has 2 saturated heterocycles. The van der Waals surface area contributed by atoms with E-state index in [0.717, 1.165) is 38.1 Å². The van der Waals surface area contributed by atoms with E-state index in [2.05, 4.69) is 44.5 Å². The SMILES string of the molecule is O=C(NCc1nccn1CCc1ccccc1)N[C@@H]1C[C@H]2CC[C@H]1O2. The standard InChI is InChI=1S/C19H24N4O2/c24-19(22-16-12-15-6-7-17(16)25-15)21-13-18-20-9-11-23(18)10-8-14-4-2-1-3-5-14/h1-5,9,11,15-17H,6-8,10,12-13H2,(H2,21,22,24)/t15-,16-,17-/m1/s1. The maximum absolute atomic E-state index is 12.1. The van der Waals surface area contributed by atoms with Crippen molar-refractivity contribution in [3.05, 3.63) is 54.1 Å². The molecule has 6 heteroatoms. The number of aryl methyl sites for hydroxylation is 2. The van der Waals surface area contributed by atoms with Gasteiger partial charge in [0.05, 0.1) is 24.8 Å². The van der Waals surface area contributed by atoms with Crippen LogP contribution in [0.3, 0.4) is 0 Å².